The van der Waals surface area contributed by atoms with Gasteiger partial charge in [0.2, 0.25) is 5.91 Å². The molecule has 0 bridgehead atoms. The number of rotatable bonds is 7. The second kappa shape index (κ2) is 8.44. The van der Waals surface area contributed by atoms with Gasteiger partial charge in [0.25, 0.3) is 0 Å². The summed E-state index contributed by atoms with van der Waals surface area (Å²) in [5.74, 6) is -0.596. The van der Waals surface area contributed by atoms with Gasteiger partial charge in [0.15, 0.2) is 0 Å². The van der Waals surface area contributed by atoms with Gasteiger partial charge < -0.3 is 10.4 Å². The summed E-state index contributed by atoms with van der Waals surface area (Å²) in [7, 11) is 0. The van der Waals surface area contributed by atoms with Crippen LogP contribution in [0.1, 0.15) is 35.6 Å². The number of hydrogen-bond donors (Lipinski definition) is 2. The Morgan fingerprint density at radius 2 is 1.87 bits per heavy atom. The Morgan fingerprint density at radius 3 is 2.57 bits per heavy atom. The van der Waals surface area contributed by atoms with Crippen LogP contribution in [0.2, 0.25) is 0 Å². The second-order valence-electron chi connectivity index (χ2n) is 5.68. The first-order valence-corrected chi connectivity index (χ1v) is 7.81. The van der Waals surface area contributed by atoms with Crippen LogP contribution < -0.4 is 5.32 Å². The number of carbonyl (C=O) groups is 1. The van der Waals surface area contributed by atoms with Crippen molar-refractivity contribution >= 4 is 5.91 Å². The average Bonchev–Trinajstić information content (AvgIpc) is 2.55. The highest BCUT2D eigenvalue weighted by Crippen LogP contribution is 2.15. The largest absolute Gasteiger partial charge is 0.386 e. The number of aliphatic hydroxyl groups excluding tert-OH is 1. The molecule has 2 rings (SSSR count). The van der Waals surface area contributed by atoms with Crippen LogP contribution in [0, 0.1) is 12.7 Å². The van der Waals surface area contributed by atoms with Crippen molar-refractivity contribution in [3.8, 4) is 0 Å². The van der Waals surface area contributed by atoms with Crippen molar-refractivity contribution in [2.45, 2.75) is 32.3 Å². The lowest BCUT2D eigenvalue weighted by molar-refractivity contribution is -0.121. The van der Waals surface area contributed by atoms with E-state index in [1.165, 1.54) is 23.3 Å². The SMILES string of the molecule is Cc1ccc(CCCC(=O)NCC(O)c2ccccc2F)cc1. The minimum absolute atomic E-state index is 0.0182. The van der Waals surface area contributed by atoms with Gasteiger partial charge in [0.1, 0.15) is 5.82 Å². The highest BCUT2D eigenvalue weighted by atomic mass is 19.1. The van der Waals surface area contributed by atoms with Gasteiger partial charge in [-0.25, -0.2) is 4.39 Å². The molecule has 0 heterocycles. The van der Waals surface area contributed by atoms with Crippen molar-refractivity contribution in [3.63, 3.8) is 0 Å². The number of aryl methyl sites for hydroxylation is 2. The zero-order valence-corrected chi connectivity index (χ0v) is 13.3. The quantitative estimate of drug-likeness (QED) is 0.823. The second-order valence-corrected chi connectivity index (χ2v) is 5.68. The van der Waals surface area contributed by atoms with E-state index in [0.717, 1.165) is 12.8 Å². The smallest absolute Gasteiger partial charge is 0.220 e. The molecule has 4 heteroatoms. The molecule has 0 aliphatic rings. The van der Waals surface area contributed by atoms with Crippen molar-refractivity contribution in [1.29, 1.82) is 0 Å². The number of benzene rings is 2. The van der Waals surface area contributed by atoms with Gasteiger partial charge in [0, 0.05) is 18.5 Å². The van der Waals surface area contributed by atoms with Gasteiger partial charge in [-0.3, -0.25) is 4.79 Å². The van der Waals surface area contributed by atoms with Crippen molar-refractivity contribution in [3.05, 3.63) is 71.0 Å². The summed E-state index contributed by atoms with van der Waals surface area (Å²) in [5, 5.41) is 12.6. The third-order valence-electron chi connectivity index (χ3n) is 3.75. The van der Waals surface area contributed by atoms with Crippen molar-refractivity contribution in [2.24, 2.45) is 0 Å². The third-order valence-corrected chi connectivity index (χ3v) is 3.75. The molecule has 0 fully saturated rings. The number of amides is 1. The zero-order chi connectivity index (χ0) is 16.7. The number of hydrogen-bond acceptors (Lipinski definition) is 2. The molecule has 2 N–H and O–H groups in total. The van der Waals surface area contributed by atoms with Crippen LogP contribution in [0.15, 0.2) is 48.5 Å². The molecule has 1 atom stereocenters. The van der Waals surface area contributed by atoms with Crippen LogP contribution in [-0.2, 0) is 11.2 Å². The first kappa shape index (κ1) is 17.2. The van der Waals surface area contributed by atoms with E-state index in [2.05, 4.69) is 29.6 Å². The minimum atomic E-state index is -1.03. The highest BCUT2D eigenvalue weighted by Gasteiger charge is 2.13. The summed E-state index contributed by atoms with van der Waals surface area (Å²) in [4.78, 5) is 11.8. The van der Waals surface area contributed by atoms with E-state index >= 15 is 0 Å². The summed E-state index contributed by atoms with van der Waals surface area (Å²) in [6.07, 6.45) is 0.934. The maximum atomic E-state index is 13.5. The predicted octanol–water partition coefficient (Wildman–Crippen LogP) is 3.31. The van der Waals surface area contributed by atoms with Gasteiger partial charge in [0.05, 0.1) is 6.10 Å². The van der Waals surface area contributed by atoms with Gasteiger partial charge in [-0.05, 0) is 31.4 Å². The summed E-state index contributed by atoms with van der Waals surface area (Å²) in [6.45, 7) is 2.06. The maximum Gasteiger partial charge on any atom is 0.220 e. The van der Waals surface area contributed by atoms with Gasteiger partial charge in [-0.15, -0.1) is 0 Å². The molecular formula is C19H22FNO2. The van der Waals surface area contributed by atoms with E-state index in [0.29, 0.717) is 6.42 Å². The number of carbonyl (C=O) groups excluding carboxylic acids is 1. The van der Waals surface area contributed by atoms with E-state index in [1.54, 1.807) is 12.1 Å². The van der Waals surface area contributed by atoms with Crippen molar-refractivity contribution < 1.29 is 14.3 Å². The van der Waals surface area contributed by atoms with E-state index in [9.17, 15) is 14.3 Å². The lowest BCUT2D eigenvalue weighted by Gasteiger charge is -2.13. The molecule has 0 aliphatic heterocycles. The normalized spacial score (nSPS) is 12.0. The standard InChI is InChI=1S/C19H22FNO2/c1-14-9-11-15(12-10-14)5-4-8-19(23)21-13-18(22)16-6-2-3-7-17(16)20/h2-3,6-7,9-12,18,22H,4-5,8,13H2,1H3,(H,21,23). The molecule has 0 aliphatic carbocycles. The average molecular weight is 315 g/mol. The Labute approximate surface area is 136 Å². The monoisotopic (exact) mass is 315 g/mol. The van der Waals surface area contributed by atoms with E-state index in [-0.39, 0.29) is 18.0 Å². The maximum absolute atomic E-state index is 13.5. The molecule has 0 saturated heterocycles. The highest BCUT2D eigenvalue weighted by molar-refractivity contribution is 5.75. The molecule has 3 nitrogen and oxygen atoms in total. The molecule has 1 unspecified atom stereocenters. The fourth-order valence-electron chi connectivity index (χ4n) is 2.36. The fraction of sp³-hybridized carbons (Fsp3) is 0.316. The van der Waals surface area contributed by atoms with Crippen LogP contribution in [0.25, 0.3) is 0 Å². The first-order chi connectivity index (χ1) is 11.1. The fourth-order valence-corrected chi connectivity index (χ4v) is 2.36. The lowest BCUT2D eigenvalue weighted by Crippen LogP contribution is -2.28. The minimum Gasteiger partial charge on any atom is -0.386 e. The van der Waals surface area contributed by atoms with E-state index < -0.39 is 11.9 Å². The topological polar surface area (TPSA) is 49.3 Å². The molecule has 0 saturated carbocycles. The first-order valence-electron chi connectivity index (χ1n) is 7.81. The van der Waals surface area contributed by atoms with Crippen molar-refractivity contribution in [2.75, 3.05) is 6.54 Å². The molecule has 23 heavy (non-hydrogen) atoms. The molecule has 2 aromatic rings. The molecule has 0 spiro atoms. The number of aliphatic hydroxyl groups is 1. The van der Waals surface area contributed by atoms with Crippen LogP contribution in [0.3, 0.4) is 0 Å². The van der Waals surface area contributed by atoms with E-state index in [4.69, 9.17) is 0 Å². The van der Waals surface area contributed by atoms with E-state index in [1.807, 2.05) is 6.92 Å². The summed E-state index contributed by atoms with van der Waals surface area (Å²) < 4.78 is 13.5. The van der Waals surface area contributed by atoms with Crippen LogP contribution in [-0.4, -0.2) is 17.6 Å². The number of nitrogens with one attached hydrogen (secondary N) is 1. The third kappa shape index (κ3) is 5.49. The predicted molar refractivity (Wildman–Crippen MR) is 88.5 cm³/mol. The van der Waals surface area contributed by atoms with Crippen LogP contribution in [0.5, 0.6) is 0 Å². The van der Waals surface area contributed by atoms with Gasteiger partial charge in [-0.1, -0.05) is 48.0 Å². The van der Waals surface area contributed by atoms with Gasteiger partial charge in [-0.2, -0.15) is 0 Å². The molecule has 122 valence electrons. The molecule has 2 aromatic carbocycles. The summed E-state index contributed by atoms with van der Waals surface area (Å²) in [5.41, 5.74) is 2.62. The summed E-state index contributed by atoms with van der Waals surface area (Å²) in [6, 6.07) is 14.3. The number of halogens is 1. The Hall–Kier alpha value is -2.20. The van der Waals surface area contributed by atoms with Crippen LogP contribution in [0.4, 0.5) is 4.39 Å². The Kier molecular flexibility index (Phi) is 6.29. The molecule has 1 amide bonds. The summed E-state index contributed by atoms with van der Waals surface area (Å²) >= 11 is 0. The van der Waals surface area contributed by atoms with Crippen LogP contribution >= 0.6 is 0 Å². The Morgan fingerprint density at radius 1 is 1.17 bits per heavy atom. The molecule has 0 aromatic heterocycles. The molecular weight excluding hydrogens is 293 g/mol. The Balaban J connectivity index is 1.71. The zero-order valence-electron chi connectivity index (χ0n) is 13.3. The van der Waals surface area contributed by atoms with Gasteiger partial charge >= 0.3 is 0 Å². The lowest BCUT2D eigenvalue weighted by atomic mass is 10.1. The Bertz CT molecular complexity index is 640. The molecule has 0 radical (unpaired) electrons. The van der Waals surface area contributed by atoms with Crippen molar-refractivity contribution in [1.82, 2.24) is 5.32 Å².